The maximum atomic E-state index is 13.4. The highest BCUT2D eigenvalue weighted by atomic mass is 16.2. The van der Waals surface area contributed by atoms with Gasteiger partial charge >= 0.3 is 0 Å². The molecule has 0 radical (unpaired) electrons. The SMILES string of the molecule is Cc1nc2c(NC(=O)CC3CCCN3Cc3nc4ccccc4c(=O)[nH]3)cccc2c(=O)n1C1CCC(=O)NC1=O. The Labute approximate surface area is 233 Å². The zero-order valence-corrected chi connectivity index (χ0v) is 22.5. The van der Waals surface area contributed by atoms with E-state index in [0.29, 0.717) is 40.3 Å². The monoisotopic (exact) mass is 555 g/mol. The molecule has 2 aromatic carbocycles. The molecule has 2 unspecified atom stereocenters. The first kappa shape index (κ1) is 26.5. The number of carbonyl (C=O) groups excluding carboxylic acids is 3. The fourth-order valence-electron chi connectivity index (χ4n) is 5.88. The quantitative estimate of drug-likeness (QED) is 0.304. The largest absolute Gasteiger partial charge is 0.324 e. The van der Waals surface area contributed by atoms with E-state index in [0.717, 1.165) is 19.4 Å². The van der Waals surface area contributed by atoms with E-state index in [1.807, 2.05) is 12.1 Å². The van der Waals surface area contributed by atoms with Gasteiger partial charge in [0.15, 0.2) is 0 Å². The van der Waals surface area contributed by atoms with Crippen molar-refractivity contribution in [3.8, 4) is 0 Å². The Hall–Kier alpha value is -4.71. The third kappa shape index (κ3) is 5.13. The van der Waals surface area contributed by atoms with E-state index < -0.39 is 17.5 Å². The molecular formula is C29H29N7O5. The van der Waals surface area contributed by atoms with E-state index in [1.165, 1.54) is 4.57 Å². The fourth-order valence-corrected chi connectivity index (χ4v) is 5.88. The molecule has 3 amide bonds. The molecule has 2 fully saturated rings. The fraction of sp³-hybridized carbons (Fsp3) is 0.345. The summed E-state index contributed by atoms with van der Waals surface area (Å²) in [5.41, 5.74) is 0.794. The molecule has 41 heavy (non-hydrogen) atoms. The number of piperidine rings is 1. The molecular weight excluding hydrogens is 526 g/mol. The zero-order chi connectivity index (χ0) is 28.7. The summed E-state index contributed by atoms with van der Waals surface area (Å²) >= 11 is 0. The second-order valence-electron chi connectivity index (χ2n) is 10.6. The van der Waals surface area contributed by atoms with Crippen LogP contribution in [0.5, 0.6) is 0 Å². The van der Waals surface area contributed by atoms with Gasteiger partial charge in [-0.25, -0.2) is 9.97 Å². The number of H-pyrrole nitrogens is 1. The van der Waals surface area contributed by atoms with Crippen LogP contribution < -0.4 is 21.8 Å². The number of hydrogen-bond acceptors (Lipinski definition) is 8. The number of imide groups is 1. The molecule has 0 aliphatic carbocycles. The second-order valence-corrected chi connectivity index (χ2v) is 10.6. The molecule has 0 spiro atoms. The normalized spacial score (nSPS) is 19.5. The molecule has 210 valence electrons. The number of aromatic nitrogens is 4. The molecule has 2 aromatic heterocycles. The molecule has 6 rings (SSSR count). The molecule has 12 heteroatoms. The van der Waals surface area contributed by atoms with Gasteiger partial charge in [0.2, 0.25) is 17.7 Å². The lowest BCUT2D eigenvalue weighted by molar-refractivity contribution is -0.135. The average molecular weight is 556 g/mol. The first-order valence-electron chi connectivity index (χ1n) is 13.7. The number of benzene rings is 2. The number of amides is 3. The molecule has 12 nitrogen and oxygen atoms in total. The predicted octanol–water partition coefficient (Wildman–Crippen LogP) is 1.91. The smallest absolute Gasteiger partial charge is 0.262 e. The maximum Gasteiger partial charge on any atom is 0.262 e. The van der Waals surface area contributed by atoms with E-state index in [1.54, 1.807) is 37.3 Å². The molecule has 2 atom stereocenters. The Kier molecular flexibility index (Phi) is 6.91. The van der Waals surface area contributed by atoms with Crippen LogP contribution in [-0.4, -0.2) is 54.7 Å². The number of carbonyl (C=O) groups is 3. The number of likely N-dealkylation sites (tertiary alicyclic amines) is 1. The molecule has 0 saturated carbocycles. The van der Waals surface area contributed by atoms with Gasteiger partial charge < -0.3 is 10.3 Å². The second kappa shape index (κ2) is 10.7. The van der Waals surface area contributed by atoms with Crippen LogP contribution in [0.3, 0.4) is 0 Å². The Morgan fingerprint density at radius 1 is 1.02 bits per heavy atom. The van der Waals surface area contributed by atoms with Gasteiger partial charge in [0.25, 0.3) is 11.1 Å². The summed E-state index contributed by atoms with van der Waals surface area (Å²) in [4.78, 5) is 77.3. The number of rotatable bonds is 6. The van der Waals surface area contributed by atoms with Crippen molar-refractivity contribution in [3.63, 3.8) is 0 Å². The number of anilines is 1. The molecule has 4 aromatic rings. The van der Waals surface area contributed by atoms with Crippen LogP contribution in [0.15, 0.2) is 52.1 Å². The van der Waals surface area contributed by atoms with E-state index in [2.05, 4.69) is 30.5 Å². The standard InChI is InChI=1S/C29H29N7O5/c1-16-30-26-19(29(41)36(16)22-11-12-24(37)34-28(22)40)8-4-10-21(26)32-25(38)14-17-6-5-13-35(17)15-23-31-20-9-3-2-7-18(20)27(39)33-23/h2-4,7-10,17,22H,5-6,11-15H2,1H3,(H,32,38)(H,31,33,39)(H,34,37,40). The summed E-state index contributed by atoms with van der Waals surface area (Å²) in [6.07, 6.45) is 2.33. The van der Waals surface area contributed by atoms with Crippen molar-refractivity contribution in [2.24, 2.45) is 0 Å². The first-order valence-corrected chi connectivity index (χ1v) is 13.7. The van der Waals surface area contributed by atoms with Crippen LogP contribution in [-0.2, 0) is 20.9 Å². The topological polar surface area (TPSA) is 159 Å². The lowest BCUT2D eigenvalue weighted by Crippen LogP contribution is -2.45. The van der Waals surface area contributed by atoms with Crippen LogP contribution in [0.25, 0.3) is 21.8 Å². The lowest BCUT2D eigenvalue weighted by atomic mass is 10.1. The van der Waals surface area contributed by atoms with Gasteiger partial charge in [0, 0.05) is 18.9 Å². The minimum Gasteiger partial charge on any atom is -0.324 e. The van der Waals surface area contributed by atoms with Crippen molar-refractivity contribution >= 4 is 45.2 Å². The molecule has 3 N–H and O–H groups in total. The van der Waals surface area contributed by atoms with Gasteiger partial charge in [-0.15, -0.1) is 0 Å². The number of nitrogens with one attached hydrogen (secondary N) is 3. The highest BCUT2D eigenvalue weighted by molar-refractivity contribution is 6.01. The van der Waals surface area contributed by atoms with Crippen LogP contribution in [0.1, 0.15) is 49.8 Å². The van der Waals surface area contributed by atoms with Crippen molar-refractivity contribution in [1.82, 2.24) is 29.7 Å². The number of nitrogens with zero attached hydrogens (tertiary/aromatic N) is 4. The summed E-state index contributed by atoms with van der Waals surface area (Å²) in [5.74, 6) is -0.234. The minimum atomic E-state index is -0.823. The van der Waals surface area contributed by atoms with Crippen LogP contribution in [0.2, 0.25) is 0 Å². The van der Waals surface area contributed by atoms with Crippen molar-refractivity contribution in [3.05, 3.63) is 74.8 Å². The third-order valence-corrected chi connectivity index (χ3v) is 7.84. The van der Waals surface area contributed by atoms with Crippen molar-refractivity contribution in [1.29, 1.82) is 0 Å². The third-order valence-electron chi connectivity index (χ3n) is 7.84. The summed E-state index contributed by atoms with van der Waals surface area (Å²) < 4.78 is 1.32. The number of para-hydroxylation sites is 2. The van der Waals surface area contributed by atoms with Gasteiger partial charge in [0.05, 0.1) is 28.5 Å². The molecule has 2 aliphatic rings. The van der Waals surface area contributed by atoms with E-state index in [-0.39, 0.29) is 48.1 Å². The number of fused-ring (bicyclic) bond motifs is 2. The molecule has 2 aliphatic heterocycles. The van der Waals surface area contributed by atoms with Crippen LogP contribution >= 0.6 is 0 Å². The van der Waals surface area contributed by atoms with Gasteiger partial charge in [0.1, 0.15) is 23.2 Å². The van der Waals surface area contributed by atoms with E-state index in [4.69, 9.17) is 0 Å². The van der Waals surface area contributed by atoms with Gasteiger partial charge in [-0.3, -0.25) is 38.8 Å². The van der Waals surface area contributed by atoms with Crippen molar-refractivity contribution < 1.29 is 14.4 Å². The Morgan fingerprint density at radius 3 is 2.66 bits per heavy atom. The number of hydrogen-bond donors (Lipinski definition) is 3. The van der Waals surface area contributed by atoms with Crippen LogP contribution in [0, 0.1) is 6.92 Å². The Bertz CT molecular complexity index is 1830. The maximum absolute atomic E-state index is 13.4. The van der Waals surface area contributed by atoms with E-state index >= 15 is 0 Å². The van der Waals surface area contributed by atoms with Crippen molar-refractivity contribution in [2.45, 2.75) is 57.7 Å². The molecule has 4 heterocycles. The van der Waals surface area contributed by atoms with Gasteiger partial charge in [-0.05, 0) is 57.0 Å². The summed E-state index contributed by atoms with van der Waals surface area (Å²) in [6.45, 7) is 2.83. The number of aryl methyl sites for hydroxylation is 1. The highest BCUT2D eigenvalue weighted by Gasteiger charge is 2.31. The minimum absolute atomic E-state index is 0.0406. The van der Waals surface area contributed by atoms with Gasteiger partial charge in [-0.2, -0.15) is 0 Å². The first-order chi connectivity index (χ1) is 19.8. The van der Waals surface area contributed by atoms with Crippen molar-refractivity contribution in [2.75, 3.05) is 11.9 Å². The lowest BCUT2D eigenvalue weighted by Gasteiger charge is -2.25. The summed E-state index contributed by atoms with van der Waals surface area (Å²) in [7, 11) is 0. The average Bonchev–Trinajstić information content (AvgIpc) is 3.36. The Morgan fingerprint density at radius 2 is 1.83 bits per heavy atom. The zero-order valence-electron chi connectivity index (χ0n) is 22.5. The number of aromatic amines is 1. The van der Waals surface area contributed by atoms with Gasteiger partial charge in [-0.1, -0.05) is 18.2 Å². The Balaban J connectivity index is 1.20. The molecule has 2 saturated heterocycles. The van der Waals surface area contributed by atoms with E-state index in [9.17, 15) is 24.0 Å². The summed E-state index contributed by atoms with van der Waals surface area (Å²) in [6, 6.07) is 11.3. The molecule has 0 bridgehead atoms. The highest BCUT2D eigenvalue weighted by Crippen LogP contribution is 2.26. The van der Waals surface area contributed by atoms with Crippen LogP contribution in [0.4, 0.5) is 5.69 Å². The summed E-state index contributed by atoms with van der Waals surface area (Å²) in [5, 5.41) is 6.02. The predicted molar refractivity (Wildman–Crippen MR) is 151 cm³/mol.